The molecule has 28 heavy (non-hydrogen) atoms. The summed E-state index contributed by atoms with van der Waals surface area (Å²) in [6, 6.07) is 14.0. The number of benzene rings is 2. The molecular weight excluding hydrogens is 356 g/mol. The summed E-state index contributed by atoms with van der Waals surface area (Å²) in [4.78, 5) is 25.2. The minimum Gasteiger partial charge on any atom is -0.493 e. The van der Waals surface area contributed by atoms with Gasteiger partial charge >= 0.3 is 0 Å². The maximum Gasteiger partial charge on any atom is 0.259 e. The summed E-state index contributed by atoms with van der Waals surface area (Å²) in [5.74, 6) is 0.457. The third-order valence-corrected chi connectivity index (χ3v) is 4.10. The second-order valence-electron chi connectivity index (χ2n) is 6.78. The van der Waals surface area contributed by atoms with Gasteiger partial charge in [-0.25, -0.2) is 0 Å². The quantitative estimate of drug-likeness (QED) is 0.612. The number of methoxy groups -OCH3 is 1. The molecule has 0 aromatic heterocycles. The molecule has 150 valence electrons. The Bertz CT molecular complexity index is 790. The van der Waals surface area contributed by atoms with Gasteiger partial charge in [0.05, 0.1) is 30.0 Å². The fraction of sp³-hybridized carbons (Fsp3) is 0.364. The Labute approximate surface area is 166 Å². The first-order valence-electron chi connectivity index (χ1n) is 9.42. The number of carbonyl (C=O) groups is 2. The zero-order chi connectivity index (χ0) is 20.4. The first-order valence-corrected chi connectivity index (χ1v) is 9.42. The van der Waals surface area contributed by atoms with Crippen molar-refractivity contribution in [2.24, 2.45) is 5.92 Å². The minimum absolute atomic E-state index is 0.269. The minimum atomic E-state index is -0.322. The van der Waals surface area contributed by atoms with Gasteiger partial charge in [0.1, 0.15) is 5.75 Å². The van der Waals surface area contributed by atoms with Gasteiger partial charge in [-0.05, 0) is 36.6 Å². The van der Waals surface area contributed by atoms with Gasteiger partial charge < -0.3 is 20.1 Å². The molecule has 0 atom stereocenters. The first kappa shape index (κ1) is 21.4. The molecule has 6 nitrogen and oxygen atoms in total. The van der Waals surface area contributed by atoms with Crippen LogP contribution in [0.2, 0.25) is 0 Å². The molecule has 0 saturated heterocycles. The van der Waals surface area contributed by atoms with Crippen molar-refractivity contribution in [2.75, 3.05) is 32.2 Å². The summed E-state index contributed by atoms with van der Waals surface area (Å²) < 4.78 is 10.7. The third-order valence-electron chi connectivity index (χ3n) is 4.10. The fourth-order valence-electron chi connectivity index (χ4n) is 2.53. The standard InChI is InChI=1S/C22H28N2O4/c1-16(2)12-14-28-20-11-7-5-9-18(20)22(26)24-19-10-6-4-8-17(19)21(25)23-13-15-27-3/h4-11,16H,12-15H2,1-3H3,(H,23,25)(H,24,26). The van der Waals surface area contributed by atoms with E-state index in [1.54, 1.807) is 49.6 Å². The van der Waals surface area contributed by atoms with Crippen LogP contribution in [0.15, 0.2) is 48.5 Å². The Kier molecular flexibility index (Phi) is 8.49. The Morgan fingerprint density at radius 3 is 2.32 bits per heavy atom. The number of hydrogen-bond acceptors (Lipinski definition) is 4. The van der Waals surface area contributed by atoms with E-state index in [-0.39, 0.29) is 11.8 Å². The van der Waals surface area contributed by atoms with Crippen molar-refractivity contribution in [3.05, 3.63) is 59.7 Å². The van der Waals surface area contributed by atoms with E-state index in [1.807, 2.05) is 6.07 Å². The average Bonchev–Trinajstić information content (AvgIpc) is 2.68. The fourth-order valence-corrected chi connectivity index (χ4v) is 2.53. The van der Waals surface area contributed by atoms with Crippen molar-refractivity contribution in [3.63, 3.8) is 0 Å². The number of para-hydroxylation sites is 2. The summed E-state index contributed by atoms with van der Waals surface area (Å²) in [5, 5.41) is 5.59. The highest BCUT2D eigenvalue weighted by Crippen LogP contribution is 2.22. The molecule has 0 heterocycles. The molecule has 2 amide bonds. The molecule has 0 aliphatic rings. The Morgan fingerprint density at radius 2 is 1.61 bits per heavy atom. The van der Waals surface area contributed by atoms with Crippen molar-refractivity contribution in [2.45, 2.75) is 20.3 Å². The lowest BCUT2D eigenvalue weighted by Gasteiger charge is -2.14. The van der Waals surface area contributed by atoms with Gasteiger partial charge in [0.25, 0.3) is 11.8 Å². The highest BCUT2D eigenvalue weighted by atomic mass is 16.5. The average molecular weight is 384 g/mol. The van der Waals surface area contributed by atoms with E-state index in [0.717, 1.165) is 6.42 Å². The normalized spacial score (nSPS) is 10.6. The number of rotatable bonds is 10. The molecule has 0 aliphatic carbocycles. The maximum atomic E-state index is 12.8. The monoisotopic (exact) mass is 384 g/mol. The summed E-state index contributed by atoms with van der Waals surface area (Å²) >= 11 is 0. The van der Waals surface area contributed by atoms with Crippen LogP contribution >= 0.6 is 0 Å². The van der Waals surface area contributed by atoms with Gasteiger partial charge in [0.2, 0.25) is 0 Å². The highest BCUT2D eigenvalue weighted by molar-refractivity contribution is 6.10. The van der Waals surface area contributed by atoms with E-state index < -0.39 is 0 Å². The van der Waals surface area contributed by atoms with Gasteiger partial charge in [-0.15, -0.1) is 0 Å². The van der Waals surface area contributed by atoms with Crippen LogP contribution in [-0.2, 0) is 4.74 Å². The summed E-state index contributed by atoms with van der Waals surface area (Å²) in [5.41, 5.74) is 1.27. The molecule has 0 aliphatic heterocycles. The van der Waals surface area contributed by atoms with Crippen molar-refractivity contribution in [1.82, 2.24) is 5.32 Å². The van der Waals surface area contributed by atoms with Gasteiger partial charge in [0, 0.05) is 13.7 Å². The van der Waals surface area contributed by atoms with E-state index in [1.165, 1.54) is 0 Å². The van der Waals surface area contributed by atoms with Crippen molar-refractivity contribution in [3.8, 4) is 5.75 Å². The zero-order valence-corrected chi connectivity index (χ0v) is 16.7. The van der Waals surface area contributed by atoms with Crippen molar-refractivity contribution in [1.29, 1.82) is 0 Å². The van der Waals surface area contributed by atoms with Gasteiger partial charge in [-0.2, -0.15) is 0 Å². The summed E-state index contributed by atoms with van der Waals surface area (Å²) in [6.45, 7) is 5.60. The number of ether oxygens (including phenoxy) is 2. The molecule has 0 saturated carbocycles. The Balaban J connectivity index is 2.12. The SMILES string of the molecule is COCCNC(=O)c1ccccc1NC(=O)c1ccccc1OCCC(C)C. The molecule has 0 bridgehead atoms. The molecule has 0 radical (unpaired) electrons. The molecule has 0 unspecified atom stereocenters. The molecule has 2 N–H and O–H groups in total. The molecule has 2 rings (SSSR count). The van der Waals surface area contributed by atoms with Gasteiger partial charge in [-0.1, -0.05) is 38.1 Å². The Morgan fingerprint density at radius 1 is 0.929 bits per heavy atom. The van der Waals surface area contributed by atoms with Crippen LogP contribution in [0.4, 0.5) is 5.69 Å². The molecular formula is C22H28N2O4. The summed E-state index contributed by atoms with van der Waals surface area (Å²) in [6.07, 6.45) is 0.903. The van der Waals surface area contributed by atoms with Gasteiger partial charge in [0.15, 0.2) is 0 Å². The maximum absolute atomic E-state index is 12.8. The first-order chi connectivity index (χ1) is 13.5. The van der Waals surface area contributed by atoms with Crippen LogP contribution in [0.3, 0.4) is 0 Å². The number of hydrogen-bond donors (Lipinski definition) is 2. The van der Waals surface area contributed by atoms with Crippen LogP contribution in [0.25, 0.3) is 0 Å². The van der Waals surface area contributed by atoms with E-state index >= 15 is 0 Å². The predicted molar refractivity (Wildman–Crippen MR) is 110 cm³/mol. The number of anilines is 1. The van der Waals surface area contributed by atoms with Crippen LogP contribution in [0.1, 0.15) is 41.0 Å². The molecule has 0 spiro atoms. The van der Waals surface area contributed by atoms with Crippen LogP contribution in [0.5, 0.6) is 5.75 Å². The van der Waals surface area contributed by atoms with Crippen LogP contribution in [-0.4, -0.2) is 38.7 Å². The second kappa shape index (κ2) is 11.1. The highest BCUT2D eigenvalue weighted by Gasteiger charge is 2.16. The van der Waals surface area contributed by atoms with Crippen molar-refractivity contribution < 1.29 is 19.1 Å². The predicted octanol–water partition coefficient (Wildman–Crippen LogP) is 3.74. The topological polar surface area (TPSA) is 76.7 Å². The van der Waals surface area contributed by atoms with Crippen molar-refractivity contribution >= 4 is 17.5 Å². The smallest absolute Gasteiger partial charge is 0.259 e. The van der Waals surface area contributed by atoms with E-state index in [4.69, 9.17) is 9.47 Å². The largest absolute Gasteiger partial charge is 0.493 e. The molecule has 2 aromatic carbocycles. The second-order valence-corrected chi connectivity index (χ2v) is 6.78. The van der Waals surface area contributed by atoms with Crippen LogP contribution < -0.4 is 15.4 Å². The Hall–Kier alpha value is -2.86. The van der Waals surface area contributed by atoms with Crippen LogP contribution in [0, 0.1) is 5.92 Å². The van der Waals surface area contributed by atoms with E-state index in [2.05, 4.69) is 24.5 Å². The number of carbonyl (C=O) groups excluding carboxylic acids is 2. The lowest BCUT2D eigenvalue weighted by Crippen LogP contribution is -2.28. The van der Waals surface area contributed by atoms with Gasteiger partial charge in [-0.3, -0.25) is 9.59 Å². The number of nitrogens with one attached hydrogen (secondary N) is 2. The summed E-state index contributed by atoms with van der Waals surface area (Å²) in [7, 11) is 1.57. The third kappa shape index (κ3) is 6.39. The zero-order valence-electron chi connectivity index (χ0n) is 16.7. The number of amides is 2. The molecule has 0 fully saturated rings. The van der Waals surface area contributed by atoms with E-state index in [9.17, 15) is 9.59 Å². The lowest BCUT2D eigenvalue weighted by molar-refractivity contribution is 0.0938. The lowest BCUT2D eigenvalue weighted by atomic mass is 10.1. The van der Waals surface area contributed by atoms with E-state index in [0.29, 0.717) is 48.2 Å². The molecule has 2 aromatic rings. The molecule has 6 heteroatoms.